The summed E-state index contributed by atoms with van der Waals surface area (Å²) in [4.78, 5) is 4.01. The zero-order chi connectivity index (χ0) is 11.0. The number of fused-ring (bicyclic) bond motifs is 1. The number of aromatic nitrogens is 4. The van der Waals surface area contributed by atoms with E-state index in [1.807, 2.05) is 41.8 Å². The van der Waals surface area contributed by atoms with Crippen molar-refractivity contribution in [2.24, 2.45) is 0 Å². The van der Waals surface area contributed by atoms with E-state index in [0.29, 0.717) is 0 Å². The van der Waals surface area contributed by atoms with Crippen LogP contribution in [0.1, 0.15) is 5.69 Å². The zero-order valence-corrected chi connectivity index (χ0v) is 8.83. The Bertz CT molecular complexity index is 628. The fraction of sp³-hybridized carbons (Fsp3) is 0.0833. The van der Waals surface area contributed by atoms with Crippen LogP contribution >= 0.6 is 0 Å². The van der Waals surface area contributed by atoms with Crippen LogP contribution in [0.4, 0.5) is 0 Å². The number of nitrogens with zero attached hydrogens (tertiary/aromatic N) is 4. The summed E-state index contributed by atoms with van der Waals surface area (Å²) in [5.41, 5.74) is 4.09. The fourth-order valence-electron chi connectivity index (χ4n) is 1.78. The second-order valence-electron chi connectivity index (χ2n) is 3.62. The van der Waals surface area contributed by atoms with E-state index in [2.05, 4.69) is 15.3 Å². The third kappa shape index (κ3) is 1.27. The summed E-state index contributed by atoms with van der Waals surface area (Å²) in [6.45, 7) is 1.96. The number of hydrogen-bond acceptors (Lipinski definition) is 3. The molecule has 16 heavy (non-hydrogen) atoms. The molecule has 3 aromatic rings. The lowest BCUT2D eigenvalue weighted by Crippen LogP contribution is -1.93. The summed E-state index contributed by atoms with van der Waals surface area (Å²) in [7, 11) is 0. The molecule has 3 rings (SSSR count). The van der Waals surface area contributed by atoms with E-state index in [9.17, 15) is 0 Å². The summed E-state index contributed by atoms with van der Waals surface area (Å²) in [5.74, 6) is 0. The topological polar surface area (TPSA) is 43.1 Å². The molecule has 0 atom stereocenters. The van der Waals surface area contributed by atoms with E-state index >= 15 is 0 Å². The Morgan fingerprint density at radius 1 is 1.06 bits per heavy atom. The van der Waals surface area contributed by atoms with E-state index in [1.165, 1.54) is 0 Å². The van der Waals surface area contributed by atoms with Crippen LogP contribution in [0.3, 0.4) is 0 Å². The van der Waals surface area contributed by atoms with Crippen LogP contribution in [-0.2, 0) is 0 Å². The third-order valence-corrected chi connectivity index (χ3v) is 2.60. The first-order valence-electron chi connectivity index (χ1n) is 5.08. The van der Waals surface area contributed by atoms with Crippen LogP contribution in [-0.4, -0.2) is 19.8 Å². The molecule has 0 unspecified atom stereocenters. The molecule has 4 nitrogen and oxygen atoms in total. The van der Waals surface area contributed by atoms with Gasteiger partial charge in [-0.3, -0.25) is 4.98 Å². The van der Waals surface area contributed by atoms with Crippen molar-refractivity contribution in [2.75, 3.05) is 0 Å². The van der Waals surface area contributed by atoms with Crippen LogP contribution in [0.25, 0.3) is 16.8 Å². The number of hydrogen-bond donors (Lipinski definition) is 0. The Hall–Kier alpha value is -2.23. The van der Waals surface area contributed by atoms with Crippen molar-refractivity contribution in [2.45, 2.75) is 6.92 Å². The Morgan fingerprint density at radius 3 is 2.69 bits per heavy atom. The molecule has 0 aliphatic carbocycles. The first-order valence-corrected chi connectivity index (χ1v) is 5.08. The number of aryl methyl sites for hydroxylation is 1. The normalized spacial score (nSPS) is 10.8. The monoisotopic (exact) mass is 210 g/mol. The second kappa shape index (κ2) is 3.41. The molecule has 0 radical (unpaired) electrons. The summed E-state index contributed by atoms with van der Waals surface area (Å²) in [6.07, 6.45) is 3.55. The van der Waals surface area contributed by atoms with Gasteiger partial charge in [-0.2, -0.15) is 0 Å². The number of pyridine rings is 2. The van der Waals surface area contributed by atoms with Gasteiger partial charge in [0, 0.05) is 18.0 Å². The molecule has 0 saturated carbocycles. The first-order chi connectivity index (χ1) is 7.86. The highest BCUT2D eigenvalue weighted by Crippen LogP contribution is 2.19. The van der Waals surface area contributed by atoms with Crippen LogP contribution in [0.5, 0.6) is 0 Å². The predicted molar refractivity (Wildman–Crippen MR) is 61.0 cm³/mol. The molecule has 0 saturated heterocycles. The van der Waals surface area contributed by atoms with Gasteiger partial charge >= 0.3 is 0 Å². The van der Waals surface area contributed by atoms with Crippen molar-refractivity contribution in [1.29, 1.82) is 0 Å². The van der Waals surface area contributed by atoms with Crippen molar-refractivity contribution >= 4 is 5.52 Å². The van der Waals surface area contributed by atoms with Gasteiger partial charge in [0.1, 0.15) is 0 Å². The van der Waals surface area contributed by atoms with Crippen molar-refractivity contribution in [3.63, 3.8) is 0 Å². The molecule has 0 fully saturated rings. The van der Waals surface area contributed by atoms with Gasteiger partial charge in [0.05, 0.1) is 16.9 Å². The molecule has 3 heterocycles. The maximum atomic E-state index is 4.14. The standard InChI is InChI=1S/C12H10N4/c1-9-11-3-2-4-12(16(11)15-14-9)10-5-7-13-8-6-10/h2-8H,1H3. The molecule has 0 bridgehead atoms. The van der Waals surface area contributed by atoms with Gasteiger partial charge in [-0.25, -0.2) is 4.52 Å². The molecule has 0 aliphatic heterocycles. The minimum Gasteiger partial charge on any atom is -0.265 e. The average Bonchev–Trinajstić information content (AvgIpc) is 2.73. The highest BCUT2D eigenvalue weighted by atomic mass is 15.4. The first kappa shape index (κ1) is 9.03. The molecule has 78 valence electrons. The van der Waals surface area contributed by atoms with E-state index < -0.39 is 0 Å². The lowest BCUT2D eigenvalue weighted by Gasteiger charge is -2.03. The predicted octanol–water partition coefficient (Wildman–Crippen LogP) is 2.10. The molecule has 0 aromatic carbocycles. The van der Waals surface area contributed by atoms with Crippen LogP contribution < -0.4 is 0 Å². The van der Waals surface area contributed by atoms with E-state index in [1.54, 1.807) is 12.4 Å². The Balaban J connectivity index is 2.32. The minimum absolute atomic E-state index is 0.941. The van der Waals surface area contributed by atoms with Crippen molar-refractivity contribution in [1.82, 2.24) is 19.8 Å². The minimum atomic E-state index is 0.941. The Morgan fingerprint density at radius 2 is 1.88 bits per heavy atom. The highest BCUT2D eigenvalue weighted by molar-refractivity contribution is 5.64. The van der Waals surface area contributed by atoms with Crippen molar-refractivity contribution in [3.05, 3.63) is 48.4 Å². The molecule has 0 amide bonds. The van der Waals surface area contributed by atoms with Crippen LogP contribution in [0, 0.1) is 6.92 Å². The SMILES string of the molecule is Cc1nnn2c(-c3ccncc3)cccc12. The van der Waals surface area contributed by atoms with Crippen LogP contribution in [0.2, 0.25) is 0 Å². The van der Waals surface area contributed by atoms with E-state index in [-0.39, 0.29) is 0 Å². The molecule has 0 aliphatic rings. The summed E-state index contributed by atoms with van der Waals surface area (Å²) in [6, 6.07) is 9.98. The average molecular weight is 210 g/mol. The molecule has 0 spiro atoms. The van der Waals surface area contributed by atoms with Crippen LogP contribution in [0.15, 0.2) is 42.7 Å². The number of rotatable bonds is 1. The molecular weight excluding hydrogens is 200 g/mol. The highest BCUT2D eigenvalue weighted by Gasteiger charge is 2.06. The van der Waals surface area contributed by atoms with Gasteiger partial charge < -0.3 is 0 Å². The fourth-order valence-corrected chi connectivity index (χ4v) is 1.78. The smallest absolute Gasteiger partial charge is 0.0901 e. The van der Waals surface area contributed by atoms with Gasteiger partial charge in [-0.05, 0) is 31.2 Å². The second-order valence-corrected chi connectivity index (χ2v) is 3.62. The molecular formula is C12H10N4. The van der Waals surface area contributed by atoms with E-state index in [4.69, 9.17) is 0 Å². The van der Waals surface area contributed by atoms with Gasteiger partial charge in [-0.1, -0.05) is 11.3 Å². The zero-order valence-electron chi connectivity index (χ0n) is 8.83. The van der Waals surface area contributed by atoms with Crippen molar-refractivity contribution < 1.29 is 0 Å². The summed E-state index contributed by atoms with van der Waals surface area (Å²) < 4.78 is 1.85. The maximum Gasteiger partial charge on any atom is 0.0901 e. The van der Waals surface area contributed by atoms with Crippen molar-refractivity contribution in [3.8, 4) is 11.3 Å². The molecule has 0 N–H and O–H groups in total. The lowest BCUT2D eigenvalue weighted by atomic mass is 10.2. The Kier molecular flexibility index (Phi) is 1.93. The maximum absolute atomic E-state index is 4.14. The third-order valence-electron chi connectivity index (χ3n) is 2.60. The van der Waals surface area contributed by atoms with Gasteiger partial charge in [0.25, 0.3) is 0 Å². The van der Waals surface area contributed by atoms with Gasteiger partial charge in [0.15, 0.2) is 0 Å². The summed E-state index contributed by atoms with van der Waals surface area (Å²) >= 11 is 0. The molecule has 4 heteroatoms. The van der Waals surface area contributed by atoms with E-state index in [0.717, 1.165) is 22.5 Å². The Labute approximate surface area is 92.6 Å². The summed E-state index contributed by atoms with van der Waals surface area (Å²) in [5, 5.41) is 8.22. The molecule has 3 aromatic heterocycles. The van der Waals surface area contributed by atoms with Gasteiger partial charge in [-0.15, -0.1) is 5.10 Å². The van der Waals surface area contributed by atoms with Gasteiger partial charge in [0.2, 0.25) is 0 Å². The lowest BCUT2D eigenvalue weighted by molar-refractivity contribution is 0.855. The quantitative estimate of drug-likeness (QED) is 0.617. The largest absolute Gasteiger partial charge is 0.265 e.